The van der Waals surface area contributed by atoms with Crippen LogP contribution in [-0.4, -0.2) is 90.2 Å². The summed E-state index contributed by atoms with van der Waals surface area (Å²) in [5.41, 5.74) is 4.21. The molecule has 1 unspecified atom stereocenters. The average molecular weight is 510 g/mol. The molecule has 9 nitrogen and oxygen atoms in total. The third-order valence-corrected chi connectivity index (χ3v) is 7.20. The molecule has 3 fully saturated rings. The molecular weight excluding hydrogens is 480 g/mol. The summed E-state index contributed by atoms with van der Waals surface area (Å²) in [4.78, 5) is 29.8. The number of ether oxygens (including phenoxy) is 1. The molecule has 2 aliphatic heterocycles. The molecule has 1 aromatic carbocycles. The second-order valence-corrected chi connectivity index (χ2v) is 9.73. The number of hydrogen-bond acceptors (Lipinski definition) is 8. The molecule has 2 atom stereocenters. The van der Waals surface area contributed by atoms with Gasteiger partial charge in [0.05, 0.1) is 23.9 Å². The number of pyridine rings is 1. The van der Waals surface area contributed by atoms with Gasteiger partial charge in [0.25, 0.3) is 5.92 Å². The van der Waals surface area contributed by atoms with Gasteiger partial charge in [-0.1, -0.05) is 12.1 Å². The Morgan fingerprint density at radius 2 is 1.89 bits per heavy atom. The van der Waals surface area contributed by atoms with E-state index in [0.717, 1.165) is 35.6 Å². The standard InChI is InChI=1S/C26H29F2N7O2/c27-26(28)14-20(26)25(36)35-10-8-34(9-11-35)18-3-1-17(2-4-18)21-13-22-23(31-6-5-30-22)24(33-21)32-16-19-15-29-7-12-37-19/h1-6,13,19-20,29H,7-12,14-16H2,(H,32,33)/t19-,20?/m0/s1. The smallest absolute Gasteiger partial charge is 0.260 e. The van der Waals surface area contributed by atoms with E-state index in [4.69, 9.17) is 9.72 Å². The third kappa shape index (κ3) is 5.05. The quantitative estimate of drug-likeness (QED) is 0.523. The maximum absolute atomic E-state index is 13.3. The van der Waals surface area contributed by atoms with Crippen LogP contribution in [0.1, 0.15) is 6.42 Å². The van der Waals surface area contributed by atoms with Crippen molar-refractivity contribution in [3.63, 3.8) is 0 Å². The van der Waals surface area contributed by atoms with Crippen LogP contribution in [0.4, 0.5) is 20.3 Å². The molecule has 2 saturated heterocycles. The van der Waals surface area contributed by atoms with Gasteiger partial charge in [0, 0.05) is 75.9 Å². The molecular formula is C26H29F2N7O2. The number of halogens is 2. The van der Waals surface area contributed by atoms with Crippen LogP contribution in [0.5, 0.6) is 0 Å². The molecule has 0 spiro atoms. The summed E-state index contributed by atoms with van der Waals surface area (Å²) >= 11 is 0. The second-order valence-electron chi connectivity index (χ2n) is 9.73. The van der Waals surface area contributed by atoms with Crippen molar-refractivity contribution < 1.29 is 18.3 Å². The Morgan fingerprint density at radius 3 is 2.59 bits per heavy atom. The number of carbonyl (C=O) groups is 1. The zero-order valence-electron chi connectivity index (χ0n) is 20.4. The second kappa shape index (κ2) is 9.79. The monoisotopic (exact) mass is 509 g/mol. The normalized spacial score (nSPS) is 23.2. The van der Waals surface area contributed by atoms with Crippen molar-refractivity contribution in [2.45, 2.75) is 18.4 Å². The van der Waals surface area contributed by atoms with Crippen LogP contribution in [-0.2, 0) is 9.53 Å². The van der Waals surface area contributed by atoms with Crippen LogP contribution in [0, 0.1) is 5.92 Å². The lowest BCUT2D eigenvalue weighted by Gasteiger charge is -2.36. The highest BCUT2D eigenvalue weighted by Crippen LogP contribution is 2.49. The molecule has 0 bridgehead atoms. The van der Waals surface area contributed by atoms with E-state index in [2.05, 4.69) is 25.5 Å². The summed E-state index contributed by atoms with van der Waals surface area (Å²) in [6.45, 7) is 5.07. The van der Waals surface area contributed by atoms with Gasteiger partial charge in [0.2, 0.25) is 5.91 Å². The number of anilines is 2. The fourth-order valence-electron chi connectivity index (χ4n) is 4.93. The van der Waals surface area contributed by atoms with Crippen molar-refractivity contribution >= 4 is 28.4 Å². The Hall–Kier alpha value is -3.44. The van der Waals surface area contributed by atoms with Crippen molar-refractivity contribution in [1.29, 1.82) is 0 Å². The van der Waals surface area contributed by atoms with Crippen LogP contribution in [0.3, 0.4) is 0 Å². The summed E-state index contributed by atoms with van der Waals surface area (Å²) in [5, 5.41) is 6.73. The summed E-state index contributed by atoms with van der Waals surface area (Å²) in [6, 6.07) is 10.0. The molecule has 1 amide bonds. The SMILES string of the molecule is O=C(C1CC1(F)F)N1CCN(c2ccc(-c3cc4nccnc4c(NC[C@@H]4CNCCO4)n3)cc2)CC1. The Labute approximate surface area is 213 Å². The average Bonchev–Trinajstić information content (AvgIpc) is 3.59. The fraction of sp³-hybridized carbons (Fsp3) is 0.462. The van der Waals surface area contributed by atoms with Gasteiger partial charge in [-0.05, 0) is 18.2 Å². The van der Waals surface area contributed by atoms with Gasteiger partial charge in [-0.2, -0.15) is 0 Å². The largest absolute Gasteiger partial charge is 0.374 e. The molecule has 37 heavy (non-hydrogen) atoms. The molecule has 194 valence electrons. The van der Waals surface area contributed by atoms with Crippen LogP contribution in [0.15, 0.2) is 42.7 Å². The van der Waals surface area contributed by atoms with E-state index in [9.17, 15) is 13.6 Å². The Balaban J connectivity index is 1.15. The number of fused-ring (bicyclic) bond motifs is 1. The predicted molar refractivity (Wildman–Crippen MR) is 136 cm³/mol. The Bertz CT molecular complexity index is 1280. The Kier molecular flexibility index (Phi) is 6.33. The topological polar surface area (TPSA) is 95.5 Å². The van der Waals surface area contributed by atoms with Gasteiger partial charge < -0.3 is 25.2 Å². The van der Waals surface area contributed by atoms with Crippen LogP contribution < -0.4 is 15.5 Å². The summed E-state index contributed by atoms with van der Waals surface area (Å²) in [5.74, 6) is -3.69. The predicted octanol–water partition coefficient (Wildman–Crippen LogP) is 2.40. The highest BCUT2D eigenvalue weighted by atomic mass is 19.3. The molecule has 3 aromatic rings. The van der Waals surface area contributed by atoms with Gasteiger partial charge in [-0.3, -0.25) is 9.78 Å². The number of alkyl halides is 2. The lowest BCUT2D eigenvalue weighted by molar-refractivity contribution is -0.135. The minimum atomic E-state index is -2.82. The lowest BCUT2D eigenvalue weighted by Crippen LogP contribution is -2.49. The highest BCUT2D eigenvalue weighted by Gasteiger charge is 2.62. The van der Waals surface area contributed by atoms with Crippen molar-refractivity contribution in [2.75, 3.05) is 62.6 Å². The number of benzene rings is 1. The number of aromatic nitrogens is 3. The van der Waals surface area contributed by atoms with Crippen LogP contribution in [0.25, 0.3) is 22.3 Å². The zero-order chi connectivity index (χ0) is 25.4. The summed E-state index contributed by atoms with van der Waals surface area (Å²) in [6.07, 6.45) is 3.07. The van der Waals surface area contributed by atoms with E-state index in [1.807, 2.05) is 30.3 Å². The summed E-state index contributed by atoms with van der Waals surface area (Å²) in [7, 11) is 0. The molecule has 3 aliphatic rings. The molecule has 0 radical (unpaired) electrons. The van der Waals surface area contributed by atoms with Crippen molar-refractivity contribution in [2.24, 2.45) is 5.92 Å². The molecule has 4 heterocycles. The van der Waals surface area contributed by atoms with Crippen molar-refractivity contribution in [3.05, 3.63) is 42.7 Å². The number of amides is 1. The molecule has 2 N–H and O–H groups in total. The highest BCUT2D eigenvalue weighted by molar-refractivity contribution is 5.88. The van der Waals surface area contributed by atoms with E-state index in [1.165, 1.54) is 0 Å². The first-order valence-corrected chi connectivity index (χ1v) is 12.7. The first kappa shape index (κ1) is 23.9. The third-order valence-electron chi connectivity index (χ3n) is 7.20. The minimum Gasteiger partial charge on any atom is -0.374 e. The van der Waals surface area contributed by atoms with E-state index < -0.39 is 17.7 Å². The van der Waals surface area contributed by atoms with Crippen LogP contribution in [0.2, 0.25) is 0 Å². The number of morpholine rings is 1. The van der Waals surface area contributed by atoms with Gasteiger partial charge in [0.1, 0.15) is 11.4 Å². The molecule has 1 aliphatic carbocycles. The Morgan fingerprint density at radius 1 is 1.14 bits per heavy atom. The van der Waals surface area contributed by atoms with Gasteiger partial charge in [0.15, 0.2) is 5.82 Å². The first-order valence-electron chi connectivity index (χ1n) is 12.7. The van der Waals surface area contributed by atoms with Gasteiger partial charge >= 0.3 is 0 Å². The number of hydrogen-bond donors (Lipinski definition) is 2. The number of rotatable bonds is 6. The number of nitrogens with zero attached hydrogens (tertiary/aromatic N) is 5. The number of piperazine rings is 1. The van der Waals surface area contributed by atoms with Crippen molar-refractivity contribution in [1.82, 2.24) is 25.2 Å². The first-order chi connectivity index (χ1) is 18.0. The van der Waals surface area contributed by atoms with E-state index in [0.29, 0.717) is 50.7 Å². The minimum absolute atomic E-state index is 0.0572. The molecule has 2 aromatic heterocycles. The van der Waals surface area contributed by atoms with Crippen molar-refractivity contribution in [3.8, 4) is 11.3 Å². The maximum Gasteiger partial charge on any atom is 0.260 e. The van der Waals surface area contributed by atoms with Crippen LogP contribution >= 0.6 is 0 Å². The number of nitrogens with one attached hydrogen (secondary N) is 2. The molecule has 1 saturated carbocycles. The zero-order valence-corrected chi connectivity index (χ0v) is 20.4. The van der Waals surface area contributed by atoms with E-state index >= 15 is 0 Å². The van der Waals surface area contributed by atoms with Gasteiger partial charge in [-0.15, -0.1) is 0 Å². The molecule has 6 rings (SSSR count). The lowest BCUT2D eigenvalue weighted by atomic mass is 10.1. The van der Waals surface area contributed by atoms with E-state index in [-0.39, 0.29) is 12.5 Å². The maximum atomic E-state index is 13.3. The molecule has 11 heteroatoms. The number of carbonyl (C=O) groups excluding carboxylic acids is 1. The fourth-order valence-corrected chi connectivity index (χ4v) is 4.93. The van der Waals surface area contributed by atoms with E-state index in [1.54, 1.807) is 17.3 Å². The summed E-state index contributed by atoms with van der Waals surface area (Å²) < 4.78 is 32.3. The van der Waals surface area contributed by atoms with Gasteiger partial charge in [-0.25, -0.2) is 18.7 Å².